The molecule has 1 fully saturated rings. The molecule has 31 N–H and O–H groups in total. The number of aliphatic carboxylic acids is 2. The van der Waals surface area contributed by atoms with Gasteiger partial charge in [0.2, 0.25) is 82.7 Å². The molecule has 0 unspecified atom stereocenters. The number of carbonyl (C=O) groups is 16. The Balaban J connectivity index is 1.92. The number of H-pyrrole nitrogens is 2. The van der Waals surface area contributed by atoms with E-state index < -0.39 is 217 Å². The summed E-state index contributed by atoms with van der Waals surface area (Å²) in [7, 11) is 0. The number of unbranched alkanes of at least 4 members (excludes halogenated alkanes) is 5. The zero-order valence-electron chi connectivity index (χ0n) is 70.5. The number of nitrogens with zero attached hydrogens (tertiary/aromatic N) is 3. The van der Waals surface area contributed by atoms with Crippen LogP contribution in [0.25, 0.3) is 0 Å². The number of hydrogen-bond donors (Lipinski definition) is 25. The third-order valence-electron chi connectivity index (χ3n) is 19.9. The first-order chi connectivity index (χ1) is 57.4. The molecule has 121 heavy (non-hydrogen) atoms. The number of hydrogen-bond acceptors (Lipinski definition) is 26. The molecule has 2 aromatic heterocycles. The first kappa shape index (κ1) is 105. The maximum Gasteiger partial charge on any atom is 0.326 e. The molecule has 0 spiro atoms. The number of aromatic amines is 2. The lowest BCUT2D eigenvalue weighted by atomic mass is 10.00. The largest absolute Gasteiger partial charge is 0.481 e. The second-order valence-corrected chi connectivity index (χ2v) is 31.3. The third-order valence-corrected chi connectivity index (χ3v) is 19.9. The Kier molecular flexibility index (Phi) is 48.7. The van der Waals surface area contributed by atoms with Crippen LogP contribution in [0.3, 0.4) is 0 Å². The third kappa shape index (κ3) is 38.9. The maximum atomic E-state index is 14.8. The van der Waals surface area contributed by atoms with E-state index in [-0.39, 0.29) is 120 Å². The van der Waals surface area contributed by atoms with Gasteiger partial charge in [0.15, 0.2) is 0 Å². The van der Waals surface area contributed by atoms with Crippen LogP contribution in [0, 0.1) is 11.8 Å². The van der Waals surface area contributed by atoms with Gasteiger partial charge in [-0.05, 0) is 194 Å². The Morgan fingerprint density at radius 1 is 0.430 bits per heavy atom. The molecule has 682 valence electrons. The average molecular weight is 1720 g/mol. The van der Waals surface area contributed by atoms with Gasteiger partial charge >= 0.3 is 11.9 Å². The van der Waals surface area contributed by atoms with Crippen LogP contribution in [-0.2, 0) is 89.6 Å². The number of aliphatic hydroxyl groups is 2. The number of likely N-dealkylation sites (tertiary alicyclic amines) is 1. The number of carbonyl (C=O) groups excluding carboxylic acids is 14. The molecule has 16 atom stereocenters. The Labute approximate surface area is 704 Å². The van der Waals surface area contributed by atoms with Gasteiger partial charge in [-0.1, -0.05) is 27.7 Å². The summed E-state index contributed by atoms with van der Waals surface area (Å²) in [5.74, 6) is -15.6. The number of nitrogens with two attached hydrogens (primary N) is 6. The van der Waals surface area contributed by atoms with Crippen molar-refractivity contribution in [3.05, 3.63) is 36.4 Å². The number of aromatic nitrogens is 4. The molecule has 1 aliphatic rings. The van der Waals surface area contributed by atoms with Crippen molar-refractivity contribution < 1.29 is 97.1 Å². The smallest absolute Gasteiger partial charge is 0.326 e. The molecule has 3 heterocycles. The van der Waals surface area contributed by atoms with Crippen molar-refractivity contribution in [2.45, 2.75) is 293 Å². The fourth-order valence-corrected chi connectivity index (χ4v) is 13.2. The van der Waals surface area contributed by atoms with Crippen LogP contribution in [0.1, 0.15) is 195 Å². The number of carboxylic acids is 2. The van der Waals surface area contributed by atoms with Crippen LogP contribution in [0.15, 0.2) is 25.0 Å². The number of carboxylic acid groups (broad SMARTS) is 2. The highest BCUT2D eigenvalue weighted by Gasteiger charge is 2.42. The molecule has 0 bridgehead atoms. The molecule has 0 saturated carbocycles. The quantitative estimate of drug-likeness (QED) is 0.0274. The average Bonchev–Trinajstić information content (AvgIpc) is 1.73. The Bertz CT molecular complexity index is 3610. The van der Waals surface area contributed by atoms with Gasteiger partial charge in [-0.15, -0.1) is 0 Å². The molecule has 44 heteroatoms. The summed E-state index contributed by atoms with van der Waals surface area (Å²) in [5, 5.41) is 74.6. The first-order valence-corrected chi connectivity index (χ1v) is 41.6. The van der Waals surface area contributed by atoms with E-state index in [0.29, 0.717) is 70.8 Å². The minimum Gasteiger partial charge on any atom is -0.481 e. The Morgan fingerprint density at radius 2 is 0.802 bits per heavy atom. The fourth-order valence-electron chi connectivity index (χ4n) is 13.2. The van der Waals surface area contributed by atoms with Crippen LogP contribution in [0.4, 0.5) is 0 Å². The van der Waals surface area contributed by atoms with E-state index in [1.54, 1.807) is 0 Å². The number of aliphatic hydroxyl groups excluding tert-OH is 2. The van der Waals surface area contributed by atoms with Crippen molar-refractivity contribution in [3.8, 4) is 0 Å². The van der Waals surface area contributed by atoms with Crippen LogP contribution < -0.4 is 104 Å². The highest BCUT2D eigenvalue weighted by molar-refractivity contribution is 6.01. The standard InChI is InChI=1S/C77H134N24O20/c1-42(2)33-49(83)65(108)98-58(34-43(3)4)76(119)101-32-18-24-59(101)73(116)94-52(21-10-15-29-80)68(111)92-53(22-11-16-30-81)69(112)99-62(45(6)102)74(117)95-54(25-26-61(105)106)70(113)100-63(46(7)103)75(118)97-57(36-48-38-85-41-88-48)72(115)96-56(35-47-37-84-40-87-47)71(114)93-51(20-9-14-28-79)67(110)89-44(5)64(107)91-50(19-8-13-27-78)66(109)86-39-60(104)90-55(77(120)121)23-12-17-31-82/h37-38,40-46,49-59,62-63,102-103H,8-36,39,78-83H2,1-7H3,(H,84,87)(H,85,88)(H,86,109)(H,89,110)(H,90,104)(H,91,107)(H,92,111)(H,93,114)(H,94,116)(H,95,117)(H,96,115)(H,97,118)(H,98,108)(H,99,112)(H,100,113)(H,105,106)(H,120,121)/t44-,45+,46+,49-,50-,51-,52-,53-,54-,55-,56-,57-,58-,59-,62-,63-/m0/s1. The second-order valence-electron chi connectivity index (χ2n) is 31.3. The summed E-state index contributed by atoms with van der Waals surface area (Å²) in [6.45, 7) is 11.6. The molecule has 1 saturated heterocycles. The zero-order valence-corrected chi connectivity index (χ0v) is 70.5. The van der Waals surface area contributed by atoms with Gasteiger partial charge in [0.05, 0.1) is 37.4 Å². The van der Waals surface area contributed by atoms with E-state index in [9.17, 15) is 97.1 Å². The minimum absolute atomic E-state index is 0.00683. The van der Waals surface area contributed by atoms with E-state index in [2.05, 4.69) is 89.1 Å². The normalized spacial score (nSPS) is 16.3. The van der Waals surface area contributed by atoms with Crippen molar-refractivity contribution in [3.63, 3.8) is 0 Å². The number of nitrogens with one attached hydrogen (secondary N) is 15. The van der Waals surface area contributed by atoms with Gasteiger partial charge in [-0.3, -0.25) is 71.9 Å². The molecule has 2 aromatic rings. The molecule has 0 radical (unpaired) electrons. The first-order valence-electron chi connectivity index (χ1n) is 41.6. The lowest BCUT2D eigenvalue weighted by Gasteiger charge is -2.31. The van der Waals surface area contributed by atoms with Gasteiger partial charge in [-0.25, -0.2) is 14.8 Å². The van der Waals surface area contributed by atoms with E-state index >= 15 is 0 Å². The van der Waals surface area contributed by atoms with Crippen molar-refractivity contribution in [2.24, 2.45) is 46.2 Å². The summed E-state index contributed by atoms with van der Waals surface area (Å²) >= 11 is 0. The van der Waals surface area contributed by atoms with Crippen molar-refractivity contribution in [1.29, 1.82) is 0 Å². The summed E-state index contributed by atoms with van der Waals surface area (Å²) in [5.41, 5.74) is 35.3. The fraction of sp³-hybridized carbons (Fsp3) is 0.714. The number of rotatable bonds is 61. The molecule has 0 aliphatic carbocycles. The van der Waals surface area contributed by atoms with E-state index in [4.69, 9.17) is 34.4 Å². The van der Waals surface area contributed by atoms with Crippen molar-refractivity contribution in [1.82, 2.24) is 94.0 Å². The lowest BCUT2D eigenvalue weighted by Crippen LogP contribution is -2.63. The monoisotopic (exact) mass is 1720 g/mol. The van der Waals surface area contributed by atoms with Gasteiger partial charge in [0, 0.05) is 49.6 Å². The summed E-state index contributed by atoms with van der Waals surface area (Å²) in [4.78, 5) is 237. The second kappa shape index (κ2) is 56.3. The molecule has 1 aliphatic heterocycles. The van der Waals surface area contributed by atoms with Gasteiger partial charge in [0.25, 0.3) is 0 Å². The van der Waals surface area contributed by atoms with Crippen LogP contribution >= 0.6 is 0 Å². The van der Waals surface area contributed by atoms with Crippen LogP contribution in [0.5, 0.6) is 0 Å². The lowest BCUT2D eigenvalue weighted by molar-refractivity contribution is -0.142. The topological polar surface area (TPSA) is 727 Å². The maximum absolute atomic E-state index is 14.8. The number of amides is 14. The number of imidazole rings is 2. The predicted octanol–water partition coefficient (Wildman–Crippen LogP) is -6.36. The molecular weight excluding hydrogens is 1580 g/mol. The molecule has 3 rings (SSSR count). The highest BCUT2D eigenvalue weighted by Crippen LogP contribution is 2.22. The summed E-state index contributed by atoms with van der Waals surface area (Å²) in [6, 6.07) is -20.4. The summed E-state index contributed by atoms with van der Waals surface area (Å²) < 4.78 is 0. The van der Waals surface area contributed by atoms with Gasteiger partial charge < -0.3 is 139 Å². The van der Waals surface area contributed by atoms with Crippen molar-refractivity contribution in [2.75, 3.05) is 45.8 Å². The van der Waals surface area contributed by atoms with Gasteiger partial charge in [0.1, 0.15) is 78.5 Å². The molecule has 44 nitrogen and oxygen atoms in total. The Hall–Kier alpha value is -10.4. The highest BCUT2D eigenvalue weighted by atomic mass is 16.4. The van der Waals surface area contributed by atoms with Crippen molar-refractivity contribution >= 4 is 94.6 Å². The van der Waals surface area contributed by atoms with E-state index in [1.165, 1.54) is 36.9 Å². The van der Waals surface area contributed by atoms with E-state index in [1.807, 2.05) is 27.7 Å². The van der Waals surface area contributed by atoms with E-state index in [0.717, 1.165) is 13.8 Å². The van der Waals surface area contributed by atoms with Crippen LogP contribution in [0.2, 0.25) is 0 Å². The predicted molar refractivity (Wildman–Crippen MR) is 440 cm³/mol. The minimum atomic E-state index is -2.03. The molecule has 0 aromatic carbocycles. The Morgan fingerprint density at radius 3 is 1.21 bits per heavy atom. The zero-order chi connectivity index (χ0) is 90.4. The van der Waals surface area contributed by atoms with Crippen LogP contribution in [-0.4, -0.2) is 283 Å². The van der Waals surface area contributed by atoms with Gasteiger partial charge in [-0.2, -0.15) is 0 Å². The SMILES string of the molecule is CC(C)C[C@H](NC(=O)[C@@H](N)CC(C)C)C(=O)N1CCC[C@H]1C(=O)N[C@@H](CCCCN)C(=O)N[C@@H](CCCCN)C(=O)N[C@H](C(=O)N[C@@H](CCC(=O)O)C(=O)N[C@H](C(=O)N[C@@H](Cc1cnc[nH]1)C(=O)N[C@@H](Cc1cnc[nH]1)C(=O)N[C@@H](CCCCN)C(=O)N[C@@H](C)C(=O)N[C@@H](CCCCN)C(=O)NCC(=O)N[C@@H](CCCCN)C(=O)O)[C@@H](C)O)[C@@H](C)O. The summed E-state index contributed by atoms with van der Waals surface area (Å²) in [6.07, 6.45) is 4.00. The molecular formula is C77H134N24O20. The molecule has 14 amide bonds.